The molecule has 2 aromatic rings. The summed E-state index contributed by atoms with van der Waals surface area (Å²) in [7, 11) is 1.66. The molecule has 0 amide bonds. The lowest BCUT2D eigenvalue weighted by Gasteiger charge is -2.17. The van der Waals surface area contributed by atoms with Crippen LogP contribution in [0.5, 0.6) is 5.75 Å². The highest BCUT2D eigenvalue weighted by Gasteiger charge is 2.18. The number of rotatable bonds is 3. The summed E-state index contributed by atoms with van der Waals surface area (Å²) in [6.45, 7) is 4.08. The molecule has 0 aliphatic rings. The number of hydrogen-bond acceptors (Lipinski definition) is 5. The predicted molar refractivity (Wildman–Crippen MR) is 68.4 cm³/mol. The van der Waals surface area contributed by atoms with E-state index in [1.807, 2.05) is 24.4 Å². The molecule has 4 nitrogen and oxygen atoms in total. The molecule has 1 atom stereocenters. The Morgan fingerprint density at radius 1 is 1.35 bits per heavy atom. The fourth-order valence-electron chi connectivity index (χ4n) is 1.79. The molecule has 1 aromatic heterocycles. The first-order valence-corrected chi connectivity index (χ1v) is 6.15. The highest BCUT2D eigenvalue weighted by molar-refractivity contribution is 7.03. The van der Waals surface area contributed by atoms with E-state index in [-0.39, 0.29) is 6.04 Å². The lowest BCUT2D eigenvalue weighted by Crippen LogP contribution is -2.14. The standard InChI is InChI=1S/C12H15N3OS/c1-7-4-5-9(12(16-3)8(7)2)11(13)10-6-17-15-14-10/h4-6,11H,13H2,1-3H3. The maximum Gasteiger partial charge on any atom is 0.127 e. The molecule has 90 valence electrons. The summed E-state index contributed by atoms with van der Waals surface area (Å²) >= 11 is 1.30. The van der Waals surface area contributed by atoms with Crippen LogP contribution in [0.25, 0.3) is 0 Å². The smallest absolute Gasteiger partial charge is 0.127 e. The van der Waals surface area contributed by atoms with Crippen molar-refractivity contribution in [3.8, 4) is 5.75 Å². The van der Waals surface area contributed by atoms with Crippen LogP contribution < -0.4 is 10.5 Å². The van der Waals surface area contributed by atoms with Crippen molar-refractivity contribution >= 4 is 11.5 Å². The number of aryl methyl sites for hydroxylation is 1. The molecule has 0 fully saturated rings. The molecule has 1 unspecified atom stereocenters. The first-order valence-electron chi connectivity index (χ1n) is 5.31. The Morgan fingerprint density at radius 2 is 2.12 bits per heavy atom. The van der Waals surface area contributed by atoms with Gasteiger partial charge in [0.1, 0.15) is 5.75 Å². The molecule has 17 heavy (non-hydrogen) atoms. The quantitative estimate of drug-likeness (QED) is 0.906. The lowest BCUT2D eigenvalue weighted by molar-refractivity contribution is 0.404. The third-order valence-corrected chi connectivity index (χ3v) is 3.46. The van der Waals surface area contributed by atoms with E-state index in [4.69, 9.17) is 10.5 Å². The van der Waals surface area contributed by atoms with Crippen LogP contribution in [-0.4, -0.2) is 16.7 Å². The lowest BCUT2D eigenvalue weighted by atomic mass is 9.98. The summed E-state index contributed by atoms with van der Waals surface area (Å²) < 4.78 is 9.29. The number of methoxy groups -OCH3 is 1. The van der Waals surface area contributed by atoms with Gasteiger partial charge in [0.05, 0.1) is 18.8 Å². The fourth-order valence-corrected chi connectivity index (χ4v) is 2.28. The second-order valence-electron chi connectivity index (χ2n) is 3.94. The van der Waals surface area contributed by atoms with Crippen molar-refractivity contribution in [3.05, 3.63) is 39.9 Å². The molecule has 0 radical (unpaired) electrons. The van der Waals surface area contributed by atoms with E-state index in [2.05, 4.69) is 16.5 Å². The maximum atomic E-state index is 6.18. The zero-order chi connectivity index (χ0) is 12.4. The molecule has 5 heteroatoms. The van der Waals surface area contributed by atoms with Crippen LogP contribution in [0.15, 0.2) is 17.5 Å². The molecule has 0 aliphatic heterocycles. The molecule has 0 bridgehead atoms. The summed E-state index contributed by atoms with van der Waals surface area (Å²) in [4.78, 5) is 0. The summed E-state index contributed by atoms with van der Waals surface area (Å²) in [5.41, 5.74) is 10.2. The predicted octanol–water partition coefficient (Wildman–Crippen LogP) is 2.21. The Hall–Kier alpha value is -1.46. The maximum absolute atomic E-state index is 6.18. The van der Waals surface area contributed by atoms with Gasteiger partial charge in [-0.05, 0) is 36.5 Å². The van der Waals surface area contributed by atoms with Gasteiger partial charge < -0.3 is 10.5 Å². The molecule has 2 N–H and O–H groups in total. The first-order chi connectivity index (χ1) is 8.15. The largest absolute Gasteiger partial charge is 0.496 e. The van der Waals surface area contributed by atoms with Gasteiger partial charge >= 0.3 is 0 Å². The van der Waals surface area contributed by atoms with E-state index in [1.165, 1.54) is 17.1 Å². The summed E-state index contributed by atoms with van der Waals surface area (Å²) in [6, 6.07) is 3.75. The normalized spacial score (nSPS) is 12.5. The summed E-state index contributed by atoms with van der Waals surface area (Å²) in [5, 5.41) is 5.87. The number of benzene rings is 1. The van der Waals surface area contributed by atoms with E-state index in [0.29, 0.717) is 0 Å². The zero-order valence-corrected chi connectivity index (χ0v) is 10.9. The fraction of sp³-hybridized carbons (Fsp3) is 0.333. The van der Waals surface area contributed by atoms with Gasteiger partial charge in [0.15, 0.2) is 0 Å². The van der Waals surface area contributed by atoms with Crippen molar-refractivity contribution in [1.82, 2.24) is 9.59 Å². The molecule has 0 aliphatic carbocycles. The van der Waals surface area contributed by atoms with Crippen molar-refractivity contribution in [2.24, 2.45) is 5.73 Å². The van der Waals surface area contributed by atoms with Crippen molar-refractivity contribution in [2.75, 3.05) is 7.11 Å². The molecule has 0 spiro atoms. The van der Waals surface area contributed by atoms with Crippen LogP contribution in [-0.2, 0) is 0 Å². The Labute approximate surface area is 105 Å². The van der Waals surface area contributed by atoms with E-state index in [1.54, 1.807) is 7.11 Å². The molecule has 1 aromatic carbocycles. The Balaban J connectivity index is 2.49. The van der Waals surface area contributed by atoms with E-state index in [0.717, 1.165) is 22.6 Å². The minimum atomic E-state index is -0.289. The molecular formula is C12H15N3OS. The third-order valence-electron chi connectivity index (χ3n) is 2.94. The van der Waals surface area contributed by atoms with Gasteiger partial charge in [0.2, 0.25) is 0 Å². The Bertz CT molecular complexity index is 511. The third kappa shape index (κ3) is 2.16. The minimum Gasteiger partial charge on any atom is -0.496 e. The van der Waals surface area contributed by atoms with Crippen LogP contribution in [0.3, 0.4) is 0 Å². The van der Waals surface area contributed by atoms with Gasteiger partial charge in [0.25, 0.3) is 0 Å². The molecular weight excluding hydrogens is 234 g/mol. The highest BCUT2D eigenvalue weighted by Crippen LogP contribution is 2.32. The van der Waals surface area contributed by atoms with Crippen LogP contribution >= 0.6 is 11.5 Å². The van der Waals surface area contributed by atoms with Crippen LogP contribution in [0.1, 0.15) is 28.4 Å². The van der Waals surface area contributed by atoms with Gasteiger partial charge in [-0.15, -0.1) is 5.10 Å². The second-order valence-corrected chi connectivity index (χ2v) is 4.55. The van der Waals surface area contributed by atoms with Gasteiger partial charge in [-0.2, -0.15) is 0 Å². The number of nitrogens with zero attached hydrogens (tertiary/aromatic N) is 2. The summed E-state index contributed by atoms with van der Waals surface area (Å²) in [6.07, 6.45) is 0. The van der Waals surface area contributed by atoms with Crippen molar-refractivity contribution in [2.45, 2.75) is 19.9 Å². The highest BCUT2D eigenvalue weighted by atomic mass is 32.1. The Kier molecular flexibility index (Phi) is 3.40. The number of nitrogens with two attached hydrogens (primary N) is 1. The molecule has 0 saturated carbocycles. The van der Waals surface area contributed by atoms with E-state index in [9.17, 15) is 0 Å². The zero-order valence-electron chi connectivity index (χ0n) is 10.1. The van der Waals surface area contributed by atoms with Crippen molar-refractivity contribution < 1.29 is 4.74 Å². The minimum absolute atomic E-state index is 0.289. The molecule has 1 heterocycles. The van der Waals surface area contributed by atoms with Crippen molar-refractivity contribution in [1.29, 1.82) is 0 Å². The average Bonchev–Trinajstić information content (AvgIpc) is 2.85. The van der Waals surface area contributed by atoms with E-state index < -0.39 is 0 Å². The first kappa shape index (κ1) is 12.0. The molecule has 0 saturated heterocycles. The second kappa shape index (κ2) is 4.81. The topological polar surface area (TPSA) is 61.0 Å². The van der Waals surface area contributed by atoms with Gasteiger partial charge in [-0.3, -0.25) is 0 Å². The van der Waals surface area contributed by atoms with Gasteiger partial charge in [0, 0.05) is 10.9 Å². The van der Waals surface area contributed by atoms with Gasteiger partial charge in [-0.25, -0.2) is 0 Å². The van der Waals surface area contributed by atoms with Gasteiger partial charge in [-0.1, -0.05) is 16.6 Å². The van der Waals surface area contributed by atoms with Crippen LogP contribution in [0.4, 0.5) is 0 Å². The Morgan fingerprint density at radius 3 is 2.71 bits per heavy atom. The SMILES string of the molecule is COc1c(C(N)c2csnn2)ccc(C)c1C. The van der Waals surface area contributed by atoms with E-state index >= 15 is 0 Å². The van der Waals surface area contributed by atoms with Crippen LogP contribution in [0.2, 0.25) is 0 Å². The number of hydrogen-bond donors (Lipinski definition) is 1. The number of aromatic nitrogens is 2. The monoisotopic (exact) mass is 249 g/mol. The van der Waals surface area contributed by atoms with Crippen molar-refractivity contribution in [3.63, 3.8) is 0 Å². The van der Waals surface area contributed by atoms with Crippen LogP contribution in [0, 0.1) is 13.8 Å². The summed E-state index contributed by atoms with van der Waals surface area (Å²) in [5.74, 6) is 0.838. The average molecular weight is 249 g/mol. The molecule has 2 rings (SSSR count). The number of ether oxygens (including phenoxy) is 1.